The van der Waals surface area contributed by atoms with Crippen molar-refractivity contribution >= 4 is 23.1 Å². The minimum atomic E-state index is -1.10. The minimum absolute atomic E-state index is 0. The molecule has 2 N–H and O–H groups in total. The van der Waals surface area contributed by atoms with Crippen molar-refractivity contribution in [2.24, 2.45) is 0 Å². The van der Waals surface area contributed by atoms with Crippen molar-refractivity contribution in [2.45, 2.75) is 26.1 Å². The quantitative estimate of drug-likeness (QED) is 0.413. The molecule has 0 saturated carbocycles. The molecule has 0 aromatic rings. The van der Waals surface area contributed by atoms with Gasteiger partial charge in [0.25, 0.3) is 0 Å². The predicted molar refractivity (Wildman–Crippen MR) is 31.7 cm³/mol. The van der Waals surface area contributed by atoms with Crippen molar-refractivity contribution in [1.29, 1.82) is 0 Å². The first-order valence-corrected chi connectivity index (χ1v) is 2.13. The van der Waals surface area contributed by atoms with Crippen LogP contribution in [0.3, 0.4) is 0 Å². The topological polar surface area (TPSA) is 40.5 Å². The third-order valence-corrected chi connectivity index (χ3v) is 0.547. The van der Waals surface area contributed by atoms with Crippen LogP contribution in [0.25, 0.3) is 0 Å². The molecule has 0 aliphatic heterocycles. The van der Waals surface area contributed by atoms with E-state index in [9.17, 15) is 0 Å². The van der Waals surface area contributed by atoms with Crippen molar-refractivity contribution in [2.75, 3.05) is 0 Å². The molecule has 0 spiro atoms. The molecule has 0 atom stereocenters. The van der Waals surface area contributed by atoms with E-state index in [2.05, 4.69) is 0 Å². The van der Waals surface area contributed by atoms with E-state index < -0.39 is 6.29 Å². The number of aliphatic hydroxyl groups excluding tert-OH is 1. The van der Waals surface area contributed by atoms with E-state index in [1.165, 1.54) is 0 Å². The van der Waals surface area contributed by atoms with Crippen molar-refractivity contribution in [3.63, 3.8) is 0 Å². The molecular formula is C4H12MgO2Ti. The summed E-state index contributed by atoms with van der Waals surface area (Å²) in [6.07, 6.45) is 0.215. The number of rotatable bonds is 2. The maximum Gasteiger partial charge on any atom is 0.316 e. The van der Waals surface area contributed by atoms with Crippen LogP contribution in [0.2, 0.25) is 0 Å². The summed E-state index contributed by atoms with van der Waals surface area (Å²) in [7, 11) is 0. The Hall–Kier alpha value is 1.40. The van der Waals surface area contributed by atoms with Crippen molar-refractivity contribution < 1.29 is 31.9 Å². The maximum atomic E-state index is 8.11. The Morgan fingerprint density at radius 3 is 1.75 bits per heavy atom. The predicted octanol–water partition coefficient (Wildman–Crippen LogP) is -0.821. The van der Waals surface area contributed by atoms with Gasteiger partial charge in [0, 0.05) is 21.7 Å². The van der Waals surface area contributed by atoms with Gasteiger partial charge in [0.2, 0.25) is 0 Å². The van der Waals surface area contributed by atoms with Crippen LogP contribution in [0.5, 0.6) is 0 Å². The third-order valence-electron chi connectivity index (χ3n) is 0.547. The fourth-order valence-corrected chi connectivity index (χ4v) is 0.258. The van der Waals surface area contributed by atoms with Gasteiger partial charge in [-0.2, -0.15) is 0 Å². The first-order valence-electron chi connectivity index (χ1n) is 2.13. The molecule has 0 rings (SSSR count). The Kier molecular flexibility index (Phi) is 22.7. The van der Waals surface area contributed by atoms with Gasteiger partial charge in [-0.05, 0) is 6.42 Å². The van der Waals surface area contributed by atoms with Gasteiger partial charge in [-0.3, -0.25) is 0 Å². The minimum Gasteiger partial charge on any atom is -0.368 e. The van der Waals surface area contributed by atoms with Crippen molar-refractivity contribution in [3.8, 4) is 0 Å². The maximum absolute atomic E-state index is 8.11. The fourth-order valence-electron chi connectivity index (χ4n) is 0.258. The first kappa shape index (κ1) is 16.2. The van der Waals surface area contributed by atoms with Gasteiger partial charge in [0.15, 0.2) is 6.29 Å². The molecule has 0 aromatic carbocycles. The van der Waals surface area contributed by atoms with Crippen molar-refractivity contribution in [1.82, 2.24) is 0 Å². The molecule has 0 heterocycles. The van der Waals surface area contributed by atoms with E-state index in [1.54, 1.807) is 0 Å². The monoisotopic (exact) mass is 164 g/mol. The van der Waals surface area contributed by atoms with E-state index in [0.29, 0.717) is 6.42 Å². The SMILES string of the molecule is CCCC(O)O.[MgH2].[Ti]. The average molecular weight is 164 g/mol. The van der Waals surface area contributed by atoms with Crippen LogP contribution in [0.1, 0.15) is 19.8 Å². The molecule has 0 radical (unpaired) electrons. The van der Waals surface area contributed by atoms with E-state index in [4.69, 9.17) is 10.2 Å². The summed E-state index contributed by atoms with van der Waals surface area (Å²) < 4.78 is 0. The van der Waals surface area contributed by atoms with E-state index in [-0.39, 0.29) is 44.8 Å². The smallest absolute Gasteiger partial charge is 0.316 e. The molecule has 46 valence electrons. The zero-order valence-corrected chi connectivity index (χ0v) is 5.95. The summed E-state index contributed by atoms with van der Waals surface area (Å²) in [6, 6.07) is 0. The number of hydrogen-bond acceptors (Lipinski definition) is 2. The second kappa shape index (κ2) is 11.2. The molecule has 2 nitrogen and oxygen atoms in total. The Balaban J connectivity index is -0.000000125. The van der Waals surface area contributed by atoms with Crippen LogP contribution in [-0.4, -0.2) is 39.6 Å². The molecule has 0 aliphatic carbocycles. The molecule has 8 heavy (non-hydrogen) atoms. The Morgan fingerprint density at radius 1 is 1.38 bits per heavy atom. The molecule has 4 heteroatoms. The zero-order valence-electron chi connectivity index (χ0n) is 4.39. The average Bonchev–Trinajstić information content (AvgIpc) is 1.35. The zero-order chi connectivity index (χ0) is 4.99. The molecule has 0 unspecified atom stereocenters. The van der Waals surface area contributed by atoms with Crippen LogP contribution in [0.4, 0.5) is 0 Å². The molecule has 0 bridgehead atoms. The van der Waals surface area contributed by atoms with Crippen LogP contribution in [0, 0.1) is 0 Å². The largest absolute Gasteiger partial charge is 0.368 e. The Morgan fingerprint density at radius 2 is 1.75 bits per heavy atom. The molecule has 0 amide bonds. The van der Waals surface area contributed by atoms with Gasteiger partial charge in [-0.25, -0.2) is 0 Å². The summed E-state index contributed by atoms with van der Waals surface area (Å²) in [5.74, 6) is 0. The van der Waals surface area contributed by atoms with Gasteiger partial charge in [0.1, 0.15) is 0 Å². The Bertz CT molecular complexity index is 35.2. The second-order valence-electron chi connectivity index (χ2n) is 1.27. The summed E-state index contributed by atoms with van der Waals surface area (Å²) in [6.45, 7) is 1.90. The van der Waals surface area contributed by atoms with Gasteiger partial charge in [0.05, 0.1) is 0 Å². The van der Waals surface area contributed by atoms with E-state index in [0.717, 1.165) is 6.42 Å². The number of aliphatic hydroxyl groups is 2. The third kappa shape index (κ3) is 15.7. The van der Waals surface area contributed by atoms with Crippen LogP contribution < -0.4 is 0 Å². The second-order valence-corrected chi connectivity index (χ2v) is 1.27. The van der Waals surface area contributed by atoms with Crippen LogP contribution >= 0.6 is 0 Å². The molecule has 0 saturated heterocycles. The van der Waals surface area contributed by atoms with Gasteiger partial charge >= 0.3 is 23.1 Å². The summed E-state index contributed by atoms with van der Waals surface area (Å²) in [5.41, 5.74) is 0. The van der Waals surface area contributed by atoms with E-state index >= 15 is 0 Å². The van der Waals surface area contributed by atoms with Crippen LogP contribution in [0.15, 0.2) is 0 Å². The standard InChI is InChI=1S/C4H10O2.Mg.Ti.2H/c1-2-3-4(5)6;;;;/h4-6H,2-3H2,1H3;;;;. The van der Waals surface area contributed by atoms with Gasteiger partial charge < -0.3 is 10.2 Å². The first-order chi connectivity index (χ1) is 2.77. The van der Waals surface area contributed by atoms with Crippen molar-refractivity contribution in [3.05, 3.63) is 0 Å². The molecule has 0 aromatic heterocycles. The number of hydrogen-bond donors (Lipinski definition) is 2. The van der Waals surface area contributed by atoms with Crippen LogP contribution in [-0.2, 0) is 21.7 Å². The summed E-state index contributed by atoms with van der Waals surface area (Å²) >= 11 is 0. The summed E-state index contributed by atoms with van der Waals surface area (Å²) in [5, 5.41) is 16.2. The molecular weight excluding hydrogens is 152 g/mol. The summed E-state index contributed by atoms with van der Waals surface area (Å²) in [4.78, 5) is 0. The Labute approximate surface area is 80.7 Å². The fraction of sp³-hybridized carbons (Fsp3) is 1.00. The van der Waals surface area contributed by atoms with Gasteiger partial charge in [-0.1, -0.05) is 13.3 Å². The van der Waals surface area contributed by atoms with Gasteiger partial charge in [-0.15, -0.1) is 0 Å². The van der Waals surface area contributed by atoms with E-state index in [1.807, 2.05) is 6.92 Å². The normalized spacial score (nSPS) is 7.50. The molecule has 0 fully saturated rings. The molecule has 0 aliphatic rings.